The minimum Gasteiger partial charge on any atom is -0.258 e. The van der Waals surface area contributed by atoms with E-state index < -0.39 is 14.9 Å². The quantitative estimate of drug-likeness (QED) is 0.225. The van der Waals surface area contributed by atoms with Crippen molar-refractivity contribution in [2.24, 2.45) is 4.99 Å². The Balaban J connectivity index is 2.10. The van der Waals surface area contributed by atoms with Gasteiger partial charge in [-0.25, -0.2) is 17.7 Å². The minimum atomic E-state index is -3.97. The van der Waals surface area contributed by atoms with Crippen molar-refractivity contribution in [3.63, 3.8) is 0 Å². The van der Waals surface area contributed by atoms with Gasteiger partial charge in [0, 0.05) is 17.2 Å². The Hall–Kier alpha value is -3.23. The minimum absolute atomic E-state index is 0.0755. The first kappa shape index (κ1) is 21.5. The average Bonchev–Trinajstić information content (AvgIpc) is 2.70. The van der Waals surface area contributed by atoms with Gasteiger partial charge in [-0.05, 0) is 62.4 Å². The Morgan fingerprint density at radius 3 is 2.07 bits per heavy atom. The second-order valence-electron chi connectivity index (χ2n) is 6.49. The van der Waals surface area contributed by atoms with Gasteiger partial charge in [0.2, 0.25) is 0 Å². The molecule has 0 spiro atoms. The number of hydrogen-bond donors (Lipinski definition) is 0. The van der Waals surface area contributed by atoms with Crippen molar-refractivity contribution in [1.82, 2.24) is 0 Å². The fourth-order valence-corrected chi connectivity index (χ4v) is 4.38. The number of aryl methyl sites for hydroxylation is 1. The van der Waals surface area contributed by atoms with Gasteiger partial charge in [0.25, 0.3) is 15.7 Å². The molecule has 0 radical (unpaired) electrons. The smallest absolute Gasteiger partial charge is 0.258 e. The molecule has 0 saturated heterocycles. The van der Waals surface area contributed by atoms with Crippen LogP contribution in [0.1, 0.15) is 12.5 Å². The molecule has 0 fully saturated rings. The topological polar surface area (TPSA) is 92.9 Å². The first-order valence-corrected chi connectivity index (χ1v) is 10.7. The molecule has 0 amide bonds. The molecule has 0 aliphatic rings. The van der Waals surface area contributed by atoms with E-state index in [-0.39, 0.29) is 16.4 Å². The first-order chi connectivity index (χ1) is 14.2. The SMILES string of the molecule is CC(=Nc1ccc([N+](=O)[O-])cc1)N(c1ccc(Cl)cc1)S(=O)(=O)c1ccc(C)cc1. The van der Waals surface area contributed by atoms with Gasteiger partial charge in [0.05, 0.1) is 21.2 Å². The molecule has 0 bridgehead atoms. The number of anilines is 1. The van der Waals surface area contributed by atoms with Crippen molar-refractivity contribution in [3.8, 4) is 0 Å². The monoisotopic (exact) mass is 443 g/mol. The van der Waals surface area contributed by atoms with Gasteiger partial charge in [0.1, 0.15) is 5.84 Å². The fraction of sp³-hybridized carbons (Fsp3) is 0.0952. The highest BCUT2D eigenvalue weighted by Crippen LogP contribution is 2.27. The summed E-state index contributed by atoms with van der Waals surface area (Å²) >= 11 is 5.96. The van der Waals surface area contributed by atoms with Crippen LogP contribution in [0, 0.1) is 17.0 Å². The highest BCUT2D eigenvalue weighted by Gasteiger charge is 2.27. The summed E-state index contributed by atoms with van der Waals surface area (Å²) < 4.78 is 28.0. The molecule has 3 aromatic rings. The predicted molar refractivity (Wildman–Crippen MR) is 118 cm³/mol. The van der Waals surface area contributed by atoms with Gasteiger partial charge in [-0.15, -0.1) is 0 Å². The van der Waals surface area contributed by atoms with Crippen LogP contribution >= 0.6 is 11.6 Å². The van der Waals surface area contributed by atoms with Crippen LogP contribution in [0.4, 0.5) is 17.1 Å². The lowest BCUT2D eigenvalue weighted by Gasteiger charge is -2.24. The van der Waals surface area contributed by atoms with Crippen LogP contribution in [0.15, 0.2) is 82.7 Å². The van der Waals surface area contributed by atoms with E-state index in [1.54, 1.807) is 43.3 Å². The number of aliphatic imine (C=N–C) groups is 1. The van der Waals surface area contributed by atoms with Gasteiger partial charge < -0.3 is 0 Å². The molecule has 0 aromatic heterocycles. The van der Waals surface area contributed by atoms with Crippen molar-refractivity contribution in [3.05, 3.63) is 93.5 Å². The Morgan fingerprint density at radius 1 is 0.967 bits per heavy atom. The molecule has 0 saturated carbocycles. The number of benzene rings is 3. The molecule has 0 aliphatic heterocycles. The average molecular weight is 444 g/mol. The van der Waals surface area contributed by atoms with Crippen molar-refractivity contribution in [2.75, 3.05) is 4.31 Å². The summed E-state index contributed by atoms with van der Waals surface area (Å²) in [7, 11) is -3.97. The van der Waals surface area contributed by atoms with Crippen LogP contribution in [-0.2, 0) is 10.0 Å². The van der Waals surface area contributed by atoms with Crippen molar-refractivity contribution >= 4 is 44.5 Å². The summed E-state index contributed by atoms with van der Waals surface area (Å²) in [6, 6.07) is 18.4. The van der Waals surface area contributed by atoms with Crippen LogP contribution in [0.3, 0.4) is 0 Å². The third-order valence-corrected chi connectivity index (χ3v) is 6.34. The maximum Gasteiger partial charge on any atom is 0.269 e. The second-order valence-corrected chi connectivity index (χ2v) is 8.71. The summed E-state index contributed by atoms with van der Waals surface area (Å²) in [5.74, 6) is 0.173. The van der Waals surface area contributed by atoms with Crippen LogP contribution in [0.2, 0.25) is 5.02 Å². The Morgan fingerprint density at radius 2 is 1.53 bits per heavy atom. The van der Waals surface area contributed by atoms with Gasteiger partial charge in [-0.2, -0.15) is 0 Å². The molecule has 0 heterocycles. The molecule has 0 aliphatic carbocycles. The maximum atomic E-state index is 13.4. The molecular formula is C21H18ClN3O4S. The Bertz CT molecular complexity index is 1190. The Kier molecular flexibility index (Phi) is 6.19. The lowest BCUT2D eigenvalue weighted by Crippen LogP contribution is -2.35. The zero-order valence-electron chi connectivity index (χ0n) is 16.2. The second kappa shape index (κ2) is 8.64. The molecular weight excluding hydrogens is 426 g/mol. The Labute approximate surface area is 179 Å². The van der Waals surface area contributed by atoms with E-state index in [1.807, 2.05) is 6.92 Å². The van der Waals surface area contributed by atoms with E-state index >= 15 is 0 Å². The van der Waals surface area contributed by atoms with Crippen molar-refractivity contribution < 1.29 is 13.3 Å². The number of nitrogens with zero attached hydrogens (tertiary/aromatic N) is 3. The number of sulfonamides is 1. The largest absolute Gasteiger partial charge is 0.269 e. The van der Waals surface area contributed by atoms with Crippen LogP contribution in [0.5, 0.6) is 0 Å². The zero-order chi connectivity index (χ0) is 21.9. The van der Waals surface area contributed by atoms with E-state index in [4.69, 9.17) is 11.6 Å². The summed E-state index contributed by atoms with van der Waals surface area (Å²) in [6.45, 7) is 3.43. The summed E-state index contributed by atoms with van der Waals surface area (Å²) in [5.41, 5.74) is 1.61. The molecule has 0 N–H and O–H groups in total. The third-order valence-electron chi connectivity index (χ3n) is 4.27. The van der Waals surface area contributed by atoms with E-state index in [0.29, 0.717) is 16.4 Å². The predicted octanol–water partition coefficient (Wildman–Crippen LogP) is 5.50. The van der Waals surface area contributed by atoms with Crippen LogP contribution in [-0.4, -0.2) is 19.2 Å². The summed E-state index contributed by atoms with van der Waals surface area (Å²) in [6.07, 6.45) is 0. The number of rotatable bonds is 5. The van der Waals surface area contributed by atoms with Gasteiger partial charge in [-0.1, -0.05) is 29.3 Å². The first-order valence-electron chi connectivity index (χ1n) is 8.86. The molecule has 9 heteroatoms. The van der Waals surface area contributed by atoms with Crippen LogP contribution < -0.4 is 4.31 Å². The molecule has 3 rings (SSSR count). The van der Waals surface area contributed by atoms with E-state index in [9.17, 15) is 18.5 Å². The molecule has 0 atom stereocenters. The van der Waals surface area contributed by atoms with Gasteiger partial charge >= 0.3 is 0 Å². The highest BCUT2D eigenvalue weighted by molar-refractivity contribution is 7.93. The summed E-state index contributed by atoms with van der Waals surface area (Å²) in [5, 5.41) is 11.3. The van der Waals surface area contributed by atoms with Crippen LogP contribution in [0.25, 0.3) is 0 Å². The van der Waals surface area contributed by atoms with Gasteiger partial charge in [0.15, 0.2) is 0 Å². The number of amidine groups is 1. The fourth-order valence-electron chi connectivity index (χ4n) is 2.77. The number of nitro groups is 1. The molecule has 0 unspecified atom stereocenters. The number of non-ortho nitro benzene ring substituents is 1. The van der Waals surface area contributed by atoms with Crippen molar-refractivity contribution in [1.29, 1.82) is 0 Å². The van der Waals surface area contributed by atoms with E-state index in [2.05, 4.69) is 4.99 Å². The standard InChI is InChI=1S/C21H18ClN3O4S/c1-15-3-13-21(14-4-15)30(28,29)24(19-9-5-17(22)6-10-19)16(2)23-18-7-11-20(12-8-18)25(26)27/h3-14H,1-2H3. The van der Waals surface area contributed by atoms with E-state index in [1.165, 1.54) is 36.4 Å². The number of halogens is 1. The lowest BCUT2D eigenvalue weighted by molar-refractivity contribution is -0.384. The van der Waals surface area contributed by atoms with E-state index in [0.717, 1.165) is 9.87 Å². The van der Waals surface area contributed by atoms with Crippen molar-refractivity contribution in [2.45, 2.75) is 18.7 Å². The number of hydrogen-bond acceptors (Lipinski definition) is 5. The zero-order valence-corrected chi connectivity index (χ0v) is 17.8. The highest BCUT2D eigenvalue weighted by atomic mass is 35.5. The maximum absolute atomic E-state index is 13.4. The lowest BCUT2D eigenvalue weighted by atomic mass is 10.2. The third kappa shape index (κ3) is 4.67. The van der Waals surface area contributed by atoms with Gasteiger partial charge in [-0.3, -0.25) is 10.1 Å². The normalized spacial score (nSPS) is 11.9. The molecule has 30 heavy (non-hydrogen) atoms. The molecule has 154 valence electrons. The summed E-state index contributed by atoms with van der Waals surface area (Å²) in [4.78, 5) is 14.8. The number of nitro benzene ring substituents is 1. The molecule has 3 aromatic carbocycles. The molecule has 7 nitrogen and oxygen atoms in total.